The fourth-order valence-electron chi connectivity index (χ4n) is 1.63. The van der Waals surface area contributed by atoms with Gasteiger partial charge in [0.05, 0.1) is 29.7 Å². The van der Waals surface area contributed by atoms with Gasteiger partial charge >= 0.3 is 5.97 Å². The highest BCUT2D eigenvalue weighted by Gasteiger charge is 2.08. The number of carbonyl (C=O) groups excluding carboxylic acids is 1. The molecule has 0 spiro atoms. The van der Waals surface area contributed by atoms with Gasteiger partial charge in [-0.25, -0.2) is 4.79 Å². The van der Waals surface area contributed by atoms with Crippen molar-refractivity contribution in [1.29, 1.82) is 0 Å². The average molecular weight is 321 g/mol. The van der Waals surface area contributed by atoms with Crippen LogP contribution in [0.15, 0.2) is 46.9 Å². The van der Waals surface area contributed by atoms with Crippen LogP contribution in [0.25, 0.3) is 0 Å². The van der Waals surface area contributed by atoms with Gasteiger partial charge in [0.15, 0.2) is 0 Å². The number of halogens is 1. The Morgan fingerprint density at radius 3 is 2.58 bits per heavy atom. The molecule has 0 aromatic heterocycles. The van der Waals surface area contributed by atoms with E-state index in [0.717, 1.165) is 15.8 Å². The predicted octanol–water partition coefficient (Wildman–Crippen LogP) is 3.56. The van der Waals surface area contributed by atoms with Crippen LogP contribution in [0.5, 0.6) is 0 Å². The maximum atomic E-state index is 11.4. The van der Waals surface area contributed by atoms with E-state index in [1.165, 1.54) is 7.11 Å². The minimum Gasteiger partial charge on any atom is -0.465 e. The largest absolute Gasteiger partial charge is 0.465 e. The Labute approximate surface area is 119 Å². The summed E-state index contributed by atoms with van der Waals surface area (Å²) in [5, 5.41) is 3.20. The first-order chi connectivity index (χ1) is 9.11. The van der Waals surface area contributed by atoms with E-state index in [1.807, 2.05) is 24.3 Å². The molecule has 2 rings (SSSR count). The molecule has 0 aliphatic carbocycles. The quantitative estimate of drug-likeness (QED) is 0.670. The van der Waals surface area contributed by atoms with Gasteiger partial charge in [-0.2, -0.15) is 0 Å². The SMILES string of the molecule is COC(=O)c1ccc(Nc2ccccc2Br)c(N)c1. The number of esters is 1. The lowest BCUT2D eigenvalue weighted by atomic mass is 10.1. The van der Waals surface area contributed by atoms with Crippen molar-refractivity contribution in [1.82, 2.24) is 0 Å². The van der Waals surface area contributed by atoms with Gasteiger partial charge in [0.1, 0.15) is 0 Å². The van der Waals surface area contributed by atoms with Crippen molar-refractivity contribution in [3.05, 3.63) is 52.5 Å². The first-order valence-corrected chi connectivity index (χ1v) is 6.40. The number of nitrogens with two attached hydrogens (primary N) is 1. The third-order valence-electron chi connectivity index (χ3n) is 2.62. The monoisotopic (exact) mass is 320 g/mol. The van der Waals surface area contributed by atoms with E-state index in [4.69, 9.17) is 5.73 Å². The van der Waals surface area contributed by atoms with Crippen molar-refractivity contribution >= 4 is 39.0 Å². The molecule has 0 aliphatic rings. The summed E-state index contributed by atoms with van der Waals surface area (Å²) in [5.74, 6) is -0.404. The molecule has 0 atom stereocenters. The number of carbonyl (C=O) groups is 1. The summed E-state index contributed by atoms with van der Waals surface area (Å²) >= 11 is 3.45. The zero-order chi connectivity index (χ0) is 13.8. The summed E-state index contributed by atoms with van der Waals surface area (Å²) in [7, 11) is 1.34. The van der Waals surface area contributed by atoms with Gasteiger partial charge in [0, 0.05) is 4.47 Å². The summed E-state index contributed by atoms with van der Waals surface area (Å²) in [5.41, 5.74) is 8.48. The maximum Gasteiger partial charge on any atom is 0.337 e. The van der Waals surface area contributed by atoms with E-state index < -0.39 is 5.97 Å². The van der Waals surface area contributed by atoms with Crippen LogP contribution in [-0.4, -0.2) is 13.1 Å². The minimum absolute atomic E-state index is 0.404. The number of methoxy groups -OCH3 is 1. The van der Waals surface area contributed by atoms with E-state index in [-0.39, 0.29) is 0 Å². The molecule has 3 N–H and O–H groups in total. The van der Waals surface area contributed by atoms with Crippen molar-refractivity contribution in [2.24, 2.45) is 0 Å². The zero-order valence-electron chi connectivity index (χ0n) is 10.3. The Morgan fingerprint density at radius 2 is 1.95 bits per heavy atom. The number of anilines is 3. The van der Waals surface area contributed by atoms with E-state index in [1.54, 1.807) is 18.2 Å². The lowest BCUT2D eigenvalue weighted by Gasteiger charge is -2.11. The molecule has 19 heavy (non-hydrogen) atoms. The fraction of sp³-hybridized carbons (Fsp3) is 0.0714. The molecule has 2 aromatic rings. The number of hydrogen-bond acceptors (Lipinski definition) is 4. The number of rotatable bonds is 3. The third kappa shape index (κ3) is 3.06. The molecular weight excluding hydrogens is 308 g/mol. The van der Waals surface area contributed by atoms with E-state index in [2.05, 4.69) is 26.0 Å². The van der Waals surface area contributed by atoms with E-state index >= 15 is 0 Å². The Kier molecular flexibility index (Phi) is 4.06. The summed E-state index contributed by atoms with van der Waals surface area (Å²) in [6, 6.07) is 12.7. The zero-order valence-corrected chi connectivity index (χ0v) is 11.9. The van der Waals surface area contributed by atoms with Crippen LogP contribution in [0.1, 0.15) is 10.4 Å². The number of para-hydroxylation sites is 1. The lowest BCUT2D eigenvalue weighted by Crippen LogP contribution is -2.04. The van der Waals surface area contributed by atoms with Crippen LogP contribution in [0.4, 0.5) is 17.1 Å². The van der Waals surface area contributed by atoms with Crippen molar-refractivity contribution < 1.29 is 9.53 Å². The molecule has 98 valence electrons. The molecular formula is C14H13BrN2O2. The Bertz CT molecular complexity index is 614. The minimum atomic E-state index is -0.404. The summed E-state index contributed by atoms with van der Waals surface area (Å²) in [6.45, 7) is 0. The summed E-state index contributed by atoms with van der Waals surface area (Å²) < 4.78 is 5.58. The Morgan fingerprint density at radius 1 is 1.21 bits per heavy atom. The molecule has 0 amide bonds. The topological polar surface area (TPSA) is 64.3 Å². The van der Waals surface area contributed by atoms with Gasteiger partial charge in [-0.05, 0) is 46.3 Å². The molecule has 0 saturated heterocycles. The number of ether oxygens (including phenoxy) is 1. The summed E-state index contributed by atoms with van der Waals surface area (Å²) in [6.07, 6.45) is 0. The molecule has 0 unspecified atom stereocenters. The molecule has 2 aromatic carbocycles. The van der Waals surface area contributed by atoms with E-state index in [0.29, 0.717) is 11.3 Å². The number of benzene rings is 2. The van der Waals surface area contributed by atoms with Gasteiger partial charge in [-0.15, -0.1) is 0 Å². The first-order valence-electron chi connectivity index (χ1n) is 5.61. The van der Waals surface area contributed by atoms with Crippen molar-refractivity contribution in [3.63, 3.8) is 0 Å². The van der Waals surface area contributed by atoms with Crippen LogP contribution >= 0.6 is 15.9 Å². The van der Waals surface area contributed by atoms with Gasteiger partial charge in [-0.1, -0.05) is 12.1 Å². The molecule has 0 saturated carbocycles. The Balaban J connectivity index is 2.27. The van der Waals surface area contributed by atoms with Crippen molar-refractivity contribution in [3.8, 4) is 0 Å². The normalized spacial score (nSPS) is 10.0. The fourth-order valence-corrected chi connectivity index (χ4v) is 2.01. The second-order valence-corrected chi connectivity index (χ2v) is 4.75. The van der Waals surface area contributed by atoms with Crippen LogP contribution in [0.2, 0.25) is 0 Å². The second-order valence-electron chi connectivity index (χ2n) is 3.90. The highest BCUT2D eigenvalue weighted by molar-refractivity contribution is 9.10. The molecule has 0 aliphatic heterocycles. The highest BCUT2D eigenvalue weighted by atomic mass is 79.9. The molecule has 4 nitrogen and oxygen atoms in total. The summed E-state index contributed by atoms with van der Waals surface area (Å²) in [4.78, 5) is 11.4. The van der Waals surface area contributed by atoms with Crippen LogP contribution in [0, 0.1) is 0 Å². The van der Waals surface area contributed by atoms with E-state index in [9.17, 15) is 4.79 Å². The van der Waals surface area contributed by atoms with Gasteiger partial charge in [-0.3, -0.25) is 0 Å². The standard InChI is InChI=1S/C14H13BrN2O2/c1-19-14(18)9-6-7-13(11(16)8-9)17-12-5-3-2-4-10(12)15/h2-8,17H,16H2,1H3. The van der Waals surface area contributed by atoms with Gasteiger partial charge in [0.2, 0.25) is 0 Å². The maximum absolute atomic E-state index is 11.4. The van der Waals surface area contributed by atoms with Crippen molar-refractivity contribution in [2.75, 3.05) is 18.2 Å². The highest BCUT2D eigenvalue weighted by Crippen LogP contribution is 2.29. The molecule has 0 radical (unpaired) electrons. The molecule has 0 fully saturated rings. The van der Waals surface area contributed by atoms with Crippen LogP contribution in [0.3, 0.4) is 0 Å². The van der Waals surface area contributed by atoms with Crippen molar-refractivity contribution in [2.45, 2.75) is 0 Å². The predicted molar refractivity (Wildman–Crippen MR) is 79.6 cm³/mol. The molecule has 0 bridgehead atoms. The van der Waals surface area contributed by atoms with Gasteiger partial charge in [0.25, 0.3) is 0 Å². The third-order valence-corrected chi connectivity index (χ3v) is 3.31. The smallest absolute Gasteiger partial charge is 0.337 e. The number of nitrogen functional groups attached to an aromatic ring is 1. The average Bonchev–Trinajstić information content (AvgIpc) is 2.42. The second kappa shape index (κ2) is 5.75. The lowest BCUT2D eigenvalue weighted by molar-refractivity contribution is 0.0601. The number of hydrogen-bond donors (Lipinski definition) is 2. The molecule has 5 heteroatoms. The Hall–Kier alpha value is -2.01. The first kappa shape index (κ1) is 13.4. The van der Waals surface area contributed by atoms with Crippen LogP contribution < -0.4 is 11.1 Å². The number of nitrogens with one attached hydrogen (secondary N) is 1. The van der Waals surface area contributed by atoms with Gasteiger partial charge < -0.3 is 15.8 Å². The van der Waals surface area contributed by atoms with Crippen LogP contribution in [-0.2, 0) is 4.74 Å². The molecule has 0 heterocycles.